The third-order valence-electron chi connectivity index (χ3n) is 5.83. The van der Waals surface area contributed by atoms with Crippen molar-refractivity contribution >= 4 is 47.0 Å². The molecular formula is C21H24Cl2N2O2S. The van der Waals surface area contributed by atoms with Crippen LogP contribution in [0.5, 0.6) is 0 Å². The van der Waals surface area contributed by atoms with Crippen LogP contribution in [0.1, 0.15) is 57.9 Å². The summed E-state index contributed by atoms with van der Waals surface area (Å²) < 4.78 is 0. The van der Waals surface area contributed by atoms with E-state index in [1.807, 2.05) is 12.1 Å². The molecule has 2 aliphatic heterocycles. The molecule has 1 aromatic carbocycles. The summed E-state index contributed by atoms with van der Waals surface area (Å²) in [4.78, 5) is 27.0. The predicted molar refractivity (Wildman–Crippen MR) is 116 cm³/mol. The summed E-state index contributed by atoms with van der Waals surface area (Å²) in [5.74, 6) is -0.353. The van der Waals surface area contributed by atoms with E-state index < -0.39 is 5.91 Å². The minimum Gasteiger partial charge on any atom is -0.366 e. The van der Waals surface area contributed by atoms with Crippen LogP contribution in [0.25, 0.3) is 0 Å². The summed E-state index contributed by atoms with van der Waals surface area (Å²) in [5, 5.41) is 4.36. The van der Waals surface area contributed by atoms with E-state index in [9.17, 15) is 9.59 Å². The van der Waals surface area contributed by atoms with E-state index in [2.05, 4.69) is 19.2 Å². The summed E-state index contributed by atoms with van der Waals surface area (Å²) >= 11 is 7.50. The number of halogens is 2. The largest absolute Gasteiger partial charge is 0.366 e. The first-order valence-corrected chi connectivity index (χ1v) is 10.4. The van der Waals surface area contributed by atoms with E-state index in [4.69, 9.17) is 17.3 Å². The Bertz CT molecular complexity index is 941. The van der Waals surface area contributed by atoms with Gasteiger partial charge in [-0.3, -0.25) is 9.59 Å². The molecule has 2 aliphatic rings. The molecule has 0 saturated carbocycles. The molecule has 0 spiro atoms. The fourth-order valence-electron chi connectivity index (χ4n) is 4.69. The summed E-state index contributed by atoms with van der Waals surface area (Å²) in [5.41, 5.74) is 8.11. The van der Waals surface area contributed by atoms with Gasteiger partial charge < -0.3 is 11.1 Å². The highest BCUT2D eigenvalue weighted by molar-refractivity contribution is 7.12. The second-order valence-electron chi connectivity index (χ2n) is 8.28. The highest BCUT2D eigenvalue weighted by atomic mass is 35.5. The van der Waals surface area contributed by atoms with E-state index in [1.54, 1.807) is 23.5 Å². The molecule has 1 amide bonds. The molecule has 1 saturated heterocycles. The van der Waals surface area contributed by atoms with Crippen molar-refractivity contribution < 1.29 is 9.59 Å². The lowest BCUT2D eigenvalue weighted by Crippen LogP contribution is -2.51. The zero-order chi connectivity index (χ0) is 19.4. The number of ketones is 1. The average molecular weight is 439 g/mol. The highest BCUT2D eigenvalue weighted by Gasteiger charge is 2.51. The number of nitrogens with one attached hydrogen (secondary N) is 1. The SMILES string of the molecule is CC12CC[C@@](C)(Cc3sc(CC(=O)Cc4ccc(Cl)cc4)c(C(N)=O)c31)N2.Cl. The number of nitrogens with two attached hydrogens (primary N) is 1. The zero-order valence-electron chi connectivity index (χ0n) is 15.9. The van der Waals surface area contributed by atoms with Gasteiger partial charge >= 0.3 is 0 Å². The van der Waals surface area contributed by atoms with Crippen LogP contribution in [-0.2, 0) is 29.6 Å². The van der Waals surface area contributed by atoms with E-state index in [0.717, 1.165) is 35.3 Å². The summed E-state index contributed by atoms with van der Waals surface area (Å²) in [6.07, 6.45) is 3.50. The zero-order valence-corrected chi connectivity index (χ0v) is 18.3. The molecule has 4 nitrogen and oxygen atoms in total. The van der Waals surface area contributed by atoms with Crippen LogP contribution in [0, 0.1) is 0 Å². The molecule has 150 valence electrons. The number of hydrogen-bond donors (Lipinski definition) is 2. The molecule has 0 aliphatic carbocycles. The second-order valence-corrected chi connectivity index (χ2v) is 9.90. The van der Waals surface area contributed by atoms with Crippen molar-refractivity contribution in [3.05, 3.63) is 55.7 Å². The molecule has 2 aromatic rings. The Kier molecular flexibility index (Phi) is 5.67. The number of Topliss-reactive ketones (excluding diaryl/α,β-unsaturated/α-hetero) is 1. The van der Waals surface area contributed by atoms with Crippen LogP contribution in [0.2, 0.25) is 5.02 Å². The number of benzene rings is 1. The molecule has 1 unspecified atom stereocenters. The van der Waals surface area contributed by atoms with Crippen LogP contribution >= 0.6 is 35.3 Å². The van der Waals surface area contributed by atoms with Gasteiger partial charge in [-0.05, 0) is 49.9 Å². The molecule has 0 radical (unpaired) electrons. The van der Waals surface area contributed by atoms with Gasteiger partial charge in [-0.25, -0.2) is 0 Å². The van der Waals surface area contributed by atoms with Crippen LogP contribution in [0.3, 0.4) is 0 Å². The van der Waals surface area contributed by atoms with Gasteiger partial charge in [0.2, 0.25) is 5.91 Å². The van der Waals surface area contributed by atoms with Gasteiger partial charge in [0.25, 0.3) is 0 Å². The predicted octanol–water partition coefficient (Wildman–Crippen LogP) is 4.19. The lowest BCUT2D eigenvalue weighted by atomic mass is 9.84. The van der Waals surface area contributed by atoms with E-state index in [1.165, 1.54) is 4.88 Å². The number of carbonyl (C=O) groups is 2. The molecule has 7 heteroatoms. The minimum atomic E-state index is -0.430. The Balaban J connectivity index is 0.00000225. The maximum Gasteiger partial charge on any atom is 0.250 e. The van der Waals surface area contributed by atoms with E-state index in [-0.39, 0.29) is 35.7 Å². The van der Waals surface area contributed by atoms with Crippen molar-refractivity contribution in [2.24, 2.45) is 5.73 Å². The van der Waals surface area contributed by atoms with Crippen molar-refractivity contribution in [1.82, 2.24) is 5.32 Å². The monoisotopic (exact) mass is 438 g/mol. The number of primary amides is 1. The Morgan fingerprint density at radius 2 is 1.86 bits per heavy atom. The lowest BCUT2D eigenvalue weighted by Gasteiger charge is -2.37. The van der Waals surface area contributed by atoms with Crippen molar-refractivity contribution in [3.8, 4) is 0 Å². The number of carbonyl (C=O) groups excluding carboxylic acids is 2. The number of thiophene rings is 1. The standard InChI is InChI=1S/C21H23ClN2O2S.ClH/c1-20-7-8-21(2,24-20)18-16(11-20)27-15(17(18)19(23)26)10-14(25)9-12-3-5-13(22)6-4-12;/h3-6,24H,7-11H2,1-2H3,(H2,23,26);1H/t20-,21?;/m0./s1. The molecular weight excluding hydrogens is 415 g/mol. The van der Waals surface area contributed by atoms with Gasteiger partial charge in [0.1, 0.15) is 5.78 Å². The van der Waals surface area contributed by atoms with Gasteiger partial charge in [-0.15, -0.1) is 23.7 Å². The molecule has 1 fully saturated rings. The van der Waals surface area contributed by atoms with Gasteiger partial charge in [-0.1, -0.05) is 23.7 Å². The van der Waals surface area contributed by atoms with Gasteiger partial charge in [0, 0.05) is 45.1 Å². The third-order valence-corrected chi connectivity index (χ3v) is 7.27. The first-order valence-electron chi connectivity index (χ1n) is 9.19. The van der Waals surface area contributed by atoms with Gasteiger partial charge in [-0.2, -0.15) is 0 Å². The first kappa shape index (κ1) is 21.3. The van der Waals surface area contributed by atoms with Crippen molar-refractivity contribution in [1.29, 1.82) is 0 Å². The quantitative estimate of drug-likeness (QED) is 0.734. The molecule has 1 aromatic heterocycles. The first-order chi connectivity index (χ1) is 12.7. The lowest BCUT2D eigenvalue weighted by molar-refractivity contribution is -0.117. The summed E-state index contributed by atoms with van der Waals surface area (Å²) in [6.45, 7) is 4.38. The molecule has 2 bridgehead atoms. The van der Waals surface area contributed by atoms with Crippen molar-refractivity contribution in [3.63, 3.8) is 0 Å². The van der Waals surface area contributed by atoms with Crippen LogP contribution in [0.15, 0.2) is 24.3 Å². The van der Waals surface area contributed by atoms with Crippen LogP contribution in [-0.4, -0.2) is 17.2 Å². The maximum atomic E-state index is 12.7. The van der Waals surface area contributed by atoms with Gasteiger partial charge in [0.05, 0.1) is 5.56 Å². The molecule has 3 heterocycles. The molecule has 2 atom stereocenters. The number of rotatable bonds is 5. The average Bonchev–Trinajstić information content (AvgIpc) is 3.05. The summed E-state index contributed by atoms with van der Waals surface area (Å²) in [7, 11) is 0. The Labute approximate surface area is 180 Å². The summed E-state index contributed by atoms with van der Waals surface area (Å²) in [6, 6.07) is 7.29. The van der Waals surface area contributed by atoms with Crippen molar-refractivity contribution in [2.75, 3.05) is 0 Å². The molecule has 28 heavy (non-hydrogen) atoms. The Morgan fingerprint density at radius 1 is 1.18 bits per heavy atom. The van der Waals surface area contributed by atoms with E-state index in [0.29, 0.717) is 17.0 Å². The maximum absolute atomic E-state index is 12.7. The fraction of sp³-hybridized carbons (Fsp3) is 0.429. The number of amides is 1. The van der Waals surface area contributed by atoms with Gasteiger partial charge in [0.15, 0.2) is 0 Å². The number of hydrogen-bond acceptors (Lipinski definition) is 4. The fourth-order valence-corrected chi connectivity index (χ4v) is 6.47. The highest BCUT2D eigenvalue weighted by Crippen LogP contribution is 2.50. The Morgan fingerprint density at radius 3 is 2.50 bits per heavy atom. The second kappa shape index (κ2) is 7.45. The normalized spacial score (nSPS) is 25.1. The number of fused-ring (bicyclic) bond motifs is 4. The topological polar surface area (TPSA) is 72.2 Å². The van der Waals surface area contributed by atoms with E-state index >= 15 is 0 Å². The van der Waals surface area contributed by atoms with Crippen LogP contribution < -0.4 is 11.1 Å². The minimum absolute atomic E-state index is 0. The van der Waals surface area contributed by atoms with Crippen molar-refractivity contribution in [2.45, 2.75) is 57.0 Å². The molecule has 3 N–H and O–H groups in total. The van der Waals surface area contributed by atoms with Crippen LogP contribution in [0.4, 0.5) is 0 Å². The third kappa shape index (κ3) is 3.73. The smallest absolute Gasteiger partial charge is 0.250 e. The Hall–Kier alpha value is -1.40. The molecule has 4 rings (SSSR count).